The van der Waals surface area contributed by atoms with Crippen LogP contribution >= 0.6 is 11.3 Å². The number of hydrogen-bond donors (Lipinski definition) is 0. The number of aromatic nitrogens is 3. The van der Waals surface area contributed by atoms with Gasteiger partial charge in [0.05, 0.1) is 16.7 Å². The number of piperazine rings is 1. The summed E-state index contributed by atoms with van der Waals surface area (Å²) in [6, 6.07) is 0.164. The quantitative estimate of drug-likeness (QED) is 0.846. The molecule has 0 unspecified atom stereocenters. The van der Waals surface area contributed by atoms with Gasteiger partial charge in [0.1, 0.15) is 0 Å². The summed E-state index contributed by atoms with van der Waals surface area (Å²) in [5.41, 5.74) is 1.11. The molecule has 0 saturated carbocycles. The van der Waals surface area contributed by atoms with Gasteiger partial charge in [0.25, 0.3) is 0 Å². The second-order valence-corrected chi connectivity index (χ2v) is 8.61. The summed E-state index contributed by atoms with van der Waals surface area (Å²) in [5.74, 6) is 1.50. The fourth-order valence-corrected chi connectivity index (χ4v) is 3.49. The van der Waals surface area contributed by atoms with E-state index in [0.29, 0.717) is 0 Å². The van der Waals surface area contributed by atoms with Crippen LogP contribution in [-0.4, -0.2) is 51.1 Å². The first-order chi connectivity index (χ1) is 11.3. The van der Waals surface area contributed by atoms with Crippen LogP contribution in [0.1, 0.15) is 56.2 Å². The van der Waals surface area contributed by atoms with Crippen molar-refractivity contribution in [3.63, 3.8) is 0 Å². The monoisotopic (exact) mass is 349 g/mol. The van der Waals surface area contributed by atoms with Crippen LogP contribution < -0.4 is 0 Å². The molecule has 132 valence electrons. The minimum Gasteiger partial charge on any atom is -0.338 e. The second kappa shape index (κ2) is 6.90. The number of hydrogen-bond acceptors (Lipinski definition) is 7. The van der Waals surface area contributed by atoms with Gasteiger partial charge in [0, 0.05) is 43.5 Å². The van der Waals surface area contributed by atoms with Crippen molar-refractivity contribution in [1.82, 2.24) is 24.9 Å². The van der Waals surface area contributed by atoms with Crippen LogP contribution in [0.25, 0.3) is 0 Å². The van der Waals surface area contributed by atoms with Crippen LogP contribution in [0.5, 0.6) is 0 Å². The van der Waals surface area contributed by atoms with E-state index in [2.05, 4.69) is 64.9 Å². The molecule has 3 rings (SSSR count). The van der Waals surface area contributed by atoms with Gasteiger partial charge in [-0.25, -0.2) is 4.98 Å². The van der Waals surface area contributed by atoms with Gasteiger partial charge in [-0.15, -0.1) is 11.3 Å². The van der Waals surface area contributed by atoms with Gasteiger partial charge in [-0.1, -0.05) is 25.9 Å². The van der Waals surface area contributed by atoms with Crippen molar-refractivity contribution in [3.8, 4) is 0 Å². The van der Waals surface area contributed by atoms with Crippen molar-refractivity contribution in [2.75, 3.05) is 26.2 Å². The standard InChI is InChI=1S/C17H27N5OS/c1-12(15-19-16(20-23-15)17(3,4)5)22-8-6-21(7-9-22)10-14-11-24-13(2)18-14/h11-12H,6-10H2,1-5H3/t12-/m1/s1. The van der Waals surface area contributed by atoms with Gasteiger partial charge in [-0.05, 0) is 13.8 Å². The van der Waals surface area contributed by atoms with Gasteiger partial charge >= 0.3 is 0 Å². The zero-order valence-electron chi connectivity index (χ0n) is 15.2. The van der Waals surface area contributed by atoms with Gasteiger partial charge in [0.2, 0.25) is 5.89 Å². The van der Waals surface area contributed by atoms with E-state index in [1.165, 1.54) is 5.69 Å². The third kappa shape index (κ3) is 4.02. The molecule has 0 aliphatic carbocycles. The summed E-state index contributed by atoms with van der Waals surface area (Å²) in [5, 5.41) is 7.45. The zero-order chi connectivity index (χ0) is 17.3. The van der Waals surface area contributed by atoms with Crippen LogP contribution in [0.2, 0.25) is 0 Å². The molecule has 1 saturated heterocycles. The number of aryl methyl sites for hydroxylation is 1. The van der Waals surface area contributed by atoms with Crippen molar-refractivity contribution < 1.29 is 4.52 Å². The average Bonchev–Trinajstić information content (AvgIpc) is 3.16. The van der Waals surface area contributed by atoms with Crippen LogP contribution in [0.3, 0.4) is 0 Å². The van der Waals surface area contributed by atoms with Crippen LogP contribution in [0, 0.1) is 6.92 Å². The minimum absolute atomic E-state index is 0.0775. The molecule has 7 heteroatoms. The fraction of sp³-hybridized carbons (Fsp3) is 0.706. The fourth-order valence-electron chi connectivity index (χ4n) is 2.88. The van der Waals surface area contributed by atoms with Crippen LogP contribution in [-0.2, 0) is 12.0 Å². The van der Waals surface area contributed by atoms with Crippen molar-refractivity contribution in [2.24, 2.45) is 0 Å². The molecular formula is C17H27N5OS. The third-order valence-corrected chi connectivity index (χ3v) is 5.30. The zero-order valence-corrected chi connectivity index (χ0v) is 16.1. The summed E-state index contributed by atoms with van der Waals surface area (Å²) in [6.45, 7) is 15.6. The van der Waals surface area contributed by atoms with E-state index in [1.807, 2.05) is 0 Å². The Bertz CT molecular complexity index is 667. The molecule has 1 atom stereocenters. The number of thiazole rings is 1. The molecule has 0 bridgehead atoms. The first kappa shape index (κ1) is 17.5. The SMILES string of the molecule is Cc1nc(CN2CCN([C@H](C)c3nc(C(C)(C)C)no3)CC2)cs1. The Kier molecular flexibility index (Phi) is 5.03. The Morgan fingerprint density at radius 1 is 1.21 bits per heavy atom. The molecular weight excluding hydrogens is 322 g/mol. The lowest BCUT2D eigenvalue weighted by Crippen LogP contribution is -2.46. The molecule has 0 amide bonds. The molecule has 0 radical (unpaired) electrons. The Hall–Kier alpha value is -1.31. The highest BCUT2D eigenvalue weighted by Gasteiger charge is 2.28. The predicted molar refractivity (Wildman–Crippen MR) is 95.1 cm³/mol. The lowest BCUT2D eigenvalue weighted by Gasteiger charge is -2.36. The lowest BCUT2D eigenvalue weighted by atomic mass is 9.96. The van der Waals surface area contributed by atoms with E-state index in [1.54, 1.807) is 11.3 Å². The van der Waals surface area contributed by atoms with Crippen LogP contribution in [0.15, 0.2) is 9.90 Å². The molecule has 0 N–H and O–H groups in total. The van der Waals surface area contributed by atoms with E-state index in [4.69, 9.17) is 4.52 Å². The third-order valence-electron chi connectivity index (χ3n) is 4.48. The maximum absolute atomic E-state index is 5.51. The lowest BCUT2D eigenvalue weighted by molar-refractivity contribution is 0.0839. The van der Waals surface area contributed by atoms with E-state index >= 15 is 0 Å². The predicted octanol–water partition coefficient (Wildman–Crippen LogP) is 3.01. The largest absolute Gasteiger partial charge is 0.338 e. The Morgan fingerprint density at radius 3 is 2.46 bits per heavy atom. The van der Waals surface area contributed by atoms with Gasteiger partial charge < -0.3 is 4.52 Å². The molecule has 2 aromatic heterocycles. The van der Waals surface area contributed by atoms with Crippen molar-refractivity contribution >= 4 is 11.3 Å². The normalized spacial score (nSPS) is 18.9. The van der Waals surface area contributed by atoms with E-state index < -0.39 is 0 Å². The maximum Gasteiger partial charge on any atom is 0.243 e. The molecule has 1 fully saturated rings. The Morgan fingerprint density at radius 2 is 1.92 bits per heavy atom. The molecule has 6 nitrogen and oxygen atoms in total. The molecule has 24 heavy (non-hydrogen) atoms. The smallest absolute Gasteiger partial charge is 0.243 e. The molecule has 2 aromatic rings. The average molecular weight is 350 g/mol. The maximum atomic E-state index is 5.51. The summed E-state index contributed by atoms with van der Waals surface area (Å²) in [7, 11) is 0. The van der Waals surface area contributed by atoms with Crippen molar-refractivity contribution in [1.29, 1.82) is 0 Å². The minimum atomic E-state index is -0.0775. The van der Waals surface area contributed by atoms with E-state index in [0.717, 1.165) is 49.4 Å². The summed E-state index contributed by atoms with van der Waals surface area (Å²) < 4.78 is 5.51. The van der Waals surface area contributed by atoms with E-state index in [9.17, 15) is 0 Å². The number of nitrogens with zero attached hydrogens (tertiary/aromatic N) is 5. The summed E-state index contributed by atoms with van der Waals surface area (Å²) in [4.78, 5) is 14.1. The van der Waals surface area contributed by atoms with E-state index in [-0.39, 0.29) is 11.5 Å². The molecule has 1 aliphatic heterocycles. The molecule has 0 spiro atoms. The first-order valence-corrected chi connectivity index (χ1v) is 9.42. The Labute approximate surface area is 147 Å². The summed E-state index contributed by atoms with van der Waals surface area (Å²) in [6.07, 6.45) is 0. The van der Waals surface area contributed by atoms with Crippen LogP contribution in [0.4, 0.5) is 0 Å². The van der Waals surface area contributed by atoms with Gasteiger partial charge in [-0.3, -0.25) is 9.80 Å². The topological polar surface area (TPSA) is 58.3 Å². The van der Waals surface area contributed by atoms with Crippen molar-refractivity contribution in [2.45, 2.75) is 52.6 Å². The molecule has 1 aliphatic rings. The number of rotatable bonds is 4. The van der Waals surface area contributed by atoms with Crippen molar-refractivity contribution in [3.05, 3.63) is 27.8 Å². The highest BCUT2D eigenvalue weighted by molar-refractivity contribution is 7.09. The van der Waals surface area contributed by atoms with Gasteiger partial charge in [-0.2, -0.15) is 4.98 Å². The van der Waals surface area contributed by atoms with Gasteiger partial charge in [0.15, 0.2) is 5.82 Å². The first-order valence-electron chi connectivity index (χ1n) is 8.54. The summed E-state index contributed by atoms with van der Waals surface area (Å²) >= 11 is 1.72. The highest BCUT2D eigenvalue weighted by Crippen LogP contribution is 2.24. The molecule has 3 heterocycles. The molecule has 0 aromatic carbocycles. The Balaban J connectivity index is 1.55. The second-order valence-electron chi connectivity index (χ2n) is 7.55. The highest BCUT2D eigenvalue weighted by atomic mass is 32.1.